The van der Waals surface area contributed by atoms with Gasteiger partial charge in [0, 0.05) is 36.2 Å². The highest BCUT2D eigenvalue weighted by Gasteiger charge is 2.30. The molecule has 5 heteroatoms. The van der Waals surface area contributed by atoms with Crippen molar-refractivity contribution in [3.05, 3.63) is 0 Å². The molecule has 1 saturated carbocycles. The Hall–Kier alpha value is -0.710. The molecule has 0 bridgehead atoms. The number of rotatable bonds is 5. The fraction of sp³-hybridized carbons (Fsp3) is 0.889. The minimum absolute atomic E-state index is 0.0515. The number of carbonyl (C=O) groups excluding carboxylic acids is 2. The van der Waals surface area contributed by atoms with E-state index in [1.54, 1.807) is 0 Å². The third-order valence-corrected chi connectivity index (χ3v) is 6.28. The van der Waals surface area contributed by atoms with Crippen LogP contribution in [0.3, 0.4) is 0 Å². The van der Waals surface area contributed by atoms with E-state index in [1.807, 2.05) is 30.5 Å². The average Bonchev–Trinajstić information content (AvgIpc) is 2.55. The third-order valence-electron chi connectivity index (χ3n) is 5.05. The molecule has 2 amide bonds. The van der Waals surface area contributed by atoms with E-state index in [0.717, 1.165) is 44.5 Å². The molecule has 1 N–H and O–H groups in total. The van der Waals surface area contributed by atoms with Crippen LogP contribution in [-0.2, 0) is 9.59 Å². The lowest BCUT2D eigenvalue weighted by atomic mass is 9.92. The fourth-order valence-corrected chi connectivity index (χ4v) is 4.88. The highest BCUT2D eigenvalue weighted by molar-refractivity contribution is 7.99. The quantitative estimate of drug-likeness (QED) is 0.837. The molecule has 1 aliphatic carbocycles. The van der Waals surface area contributed by atoms with Crippen LogP contribution in [0, 0.1) is 11.8 Å². The van der Waals surface area contributed by atoms with E-state index >= 15 is 0 Å². The van der Waals surface area contributed by atoms with Gasteiger partial charge in [-0.15, -0.1) is 0 Å². The topological polar surface area (TPSA) is 49.4 Å². The van der Waals surface area contributed by atoms with Crippen molar-refractivity contribution < 1.29 is 9.59 Å². The van der Waals surface area contributed by atoms with Gasteiger partial charge >= 0.3 is 0 Å². The minimum Gasteiger partial charge on any atom is -0.353 e. The summed E-state index contributed by atoms with van der Waals surface area (Å²) in [4.78, 5) is 26.5. The predicted octanol–water partition coefficient (Wildman–Crippen LogP) is 3.06. The van der Waals surface area contributed by atoms with Gasteiger partial charge in [-0.25, -0.2) is 0 Å². The van der Waals surface area contributed by atoms with Gasteiger partial charge in [-0.05, 0) is 37.9 Å². The van der Waals surface area contributed by atoms with Gasteiger partial charge in [0.1, 0.15) is 0 Å². The summed E-state index contributed by atoms with van der Waals surface area (Å²) in [6, 6.07) is 0.357. The van der Waals surface area contributed by atoms with E-state index in [1.165, 1.54) is 12.8 Å². The molecule has 4 nitrogen and oxygen atoms in total. The van der Waals surface area contributed by atoms with Gasteiger partial charge in [-0.3, -0.25) is 9.59 Å². The first-order valence-electron chi connectivity index (χ1n) is 9.22. The number of carbonyl (C=O) groups is 2. The second-order valence-electron chi connectivity index (χ2n) is 7.20. The molecule has 2 rings (SSSR count). The summed E-state index contributed by atoms with van der Waals surface area (Å²) in [6.45, 7) is 7.55. The van der Waals surface area contributed by atoms with Crippen molar-refractivity contribution >= 4 is 23.6 Å². The van der Waals surface area contributed by atoms with Crippen LogP contribution in [0.25, 0.3) is 0 Å². The van der Waals surface area contributed by atoms with Crippen LogP contribution in [0.4, 0.5) is 0 Å². The molecule has 1 saturated heterocycles. The second kappa shape index (κ2) is 8.95. The Labute approximate surface area is 145 Å². The molecule has 0 aromatic carbocycles. The zero-order chi connectivity index (χ0) is 16.8. The lowest BCUT2D eigenvalue weighted by molar-refractivity contribution is -0.138. The van der Waals surface area contributed by atoms with Gasteiger partial charge in [0.15, 0.2) is 0 Å². The molecule has 0 aromatic heterocycles. The molecule has 0 aromatic rings. The summed E-state index contributed by atoms with van der Waals surface area (Å²) in [5.41, 5.74) is 0. The van der Waals surface area contributed by atoms with Crippen LogP contribution >= 0.6 is 11.8 Å². The summed E-state index contributed by atoms with van der Waals surface area (Å²) in [7, 11) is 0. The molecule has 1 aliphatic heterocycles. The van der Waals surface area contributed by atoms with E-state index < -0.39 is 0 Å². The summed E-state index contributed by atoms with van der Waals surface area (Å²) in [5.74, 6) is 1.73. The Morgan fingerprint density at radius 2 is 1.87 bits per heavy atom. The van der Waals surface area contributed by atoms with Crippen LogP contribution in [0.2, 0.25) is 0 Å². The standard InChI is InChI=1S/C18H32N2O2S/c1-4-23-16-7-5-6-15(12-16)19-17(21)14-8-10-20(11-9-14)18(22)13(2)3/h13-16H,4-12H2,1-3H3,(H,19,21)/t15-,16-/m1/s1. The monoisotopic (exact) mass is 340 g/mol. The minimum atomic E-state index is 0.0515. The van der Waals surface area contributed by atoms with E-state index in [4.69, 9.17) is 0 Å². The number of hydrogen-bond acceptors (Lipinski definition) is 3. The van der Waals surface area contributed by atoms with E-state index in [-0.39, 0.29) is 23.7 Å². The van der Waals surface area contributed by atoms with Crippen LogP contribution in [0.15, 0.2) is 0 Å². The number of hydrogen-bond donors (Lipinski definition) is 1. The number of likely N-dealkylation sites (tertiary alicyclic amines) is 1. The first kappa shape index (κ1) is 18.6. The van der Waals surface area contributed by atoms with Gasteiger partial charge < -0.3 is 10.2 Å². The van der Waals surface area contributed by atoms with Crippen molar-refractivity contribution in [2.24, 2.45) is 11.8 Å². The molecule has 0 radical (unpaired) electrons. The normalized spacial score (nSPS) is 26.3. The largest absolute Gasteiger partial charge is 0.353 e. The Bertz CT molecular complexity index is 404. The van der Waals surface area contributed by atoms with Gasteiger partial charge in [0.25, 0.3) is 0 Å². The lowest BCUT2D eigenvalue weighted by Crippen LogP contribution is -2.47. The van der Waals surface area contributed by atoms with Gasteiger partial charge in [-0.1, -0.05) is 27.2 Å². The first-order valence-corrected chi connectivity index (χ1v) is 10.3. The third kappa shape index (κ3) is 5.40. The van der Waals surface area contributed by atoms with Crippen LogP contribution in [-0.4, -0.2) is 46.8 Å². The molecule has 2 atom stereocenters. The molecule has 0 spiro atoms. The maximum atomic E-state index is 12.5. The van der Waals surface area contributed by atoms with Crippen molar-refractivity contribution in [1.82, 2.24) is 10.2 Å². The summed E-state index contributed by atoms with van der Waals surface area (Å²) in [5, 5.41) is 4.00. The van der Waals surface area contributed by atoms with Gasteiger partial charge in [0.2, 0.25) is 11.8 Å². The second-order valence-corrected chi connectivity index (χ2v) is 8.78. The molecule has 132 valence electrons. The SMILES string of the molecule is CCS[C@@H]1CCC[C@@H](NC(=O)C2CCN(C(=O)C(C)C)CC2)C1. The van der Waals surface area contributed by atoms with Crippen molar-refractivity contribution in [2.75, 3.05) is 18.8 Å². The Morgan fingerprint density at radius 1 is 1.17 bits per heavy atom. The van der Waals surface area contributed by atoms with Gasteiger partial charge in [-0.2, -0.15) is 11.8 Å². The van der Waals surface area contributed by atoms with Crippen molar-refractivity contribution in [3.8, 4) is 0 Å². The van der Waals surface area contributed by atoms with E-state index in [9.17, 15) is 9.59 Å². The molecular weight excluding hydrogens is 308 g/mol. The molecule has 23 heavy (non-hydrogen) atoms. The van der Waals surface area contributed by atoms with Gasteiger partial charge in [0.05, 0.1) is 0 Å². The highest BCUT2D eigenvalue weighted by atomic mass is 32.2. The van der Waals surface area contributed by atoms with Crippen molar-refractivity contribution in [1.29, 1.82) is 0 Å². The number of thioether (sulfide) groups is 1. The number of nitrogens with zero attached hydrogens (tertiary/aromatic N) is 1. The highest BCUT2D eigenvalue weighted by Crippen LogP contribution is 2.29. The smallest absolute Gasteiger partial charge is 0.225 e. The summed E-state index contributed by atoms with van der Waals surface area (Å²) < 4.78 is 0. The number of amides is 2. The maximum Gasteiger partial charge on any atom is 0.225 e. The number of piperidine rings is 1. The zero-order valence-electron chi connectivity index (χ0n) is 14.8. The predicted molar refractivity (Wildman–Crippen MR) is 96.5 cm³/mol. The Morgan fingerprint density at radius 3 is 2.48 bits per heavy atom. The molecule has 1 heterocycles. The first-order chi connectivity index (χ1) is 11.0. The van der Waals surface area contributed by atoms with Crippen LogP contribution < -0.4 is 5.32 Å². The average molecular weight is 341 g/mol. The van der Waals surface area contributed by atoms with Crippen LogP contribution in [0.5, 0.6) is 0 Å². The van der Waals surface area contributed by atoms with E-state index in [2.05, 4.69) is 12.2 Å². The summed E-state index contributed by atoms with van der Waals surface area (Å²) >= 11 is 2.03. The number of nitrogens with one attached hydrogen (secondary N) is 1. The maximum absolute atomic E-state index is 12.5. The van der Waals surface area contributed by atoms with Crippen LogP contribution in [0.1, 0.15) is 59.3 Å². The zero-order valence-corrected chi connectivity index (χ0v) is 15.7. The lowest BCUT2D eigenvalue weighted by Gasteiger charge is -2.34. The van der Waals surface area contributed by atoms with Crippen molar-refractivity contribution in [2.45, 2.75) is 70.6 Å². The molecular formula is C18H32N2O2S. The van der Waals surface area contributed by atoms with E-state index in [0.29, 0.717) is 11.3 Å². The summed E-state index contributed by atoms with van der Waals surface area (Å²) in [6.07, 6.45) is 6.38. The molecule has 2 aliphatic rings. The molecule has 2 fully saturated rings. The fourth-order valence-electron chi connectivity index (χ4n) is 3.71. The Kier molecular flexibility index (Phi) is 7.25. The van der Waals surface area contributed by atoms with Crippen molar-refractivity contribution in [3.63, 3.8) is 0 Å². The molecule has 0 unspecified atom stereocenters. The Balaban J connectivity index is 1.75.